The number of nitrogens with one attached hydrogen (secondary N) is 1. The lowest BCUT2D eigenvalue weighted by molar-refractivity contribution is 0.0702. The van der Waals surface area contributed by atoms with Crippen molar-refractivity contribution in [2.75, 3.05) is 0 Å². The molecule has 4 rings (SSSR count). The van der Waals surface area contributed by atoms with Gasteiger partial charge in [0.25, 0.3) is 5.91 Å². The molecule has 2 aromatic heterocycles. The summed E-state index contributed by atoms with van der Waals surface area (Å²) in [6, 6.07) is 18.2. The number of aryl methyl sites for hydroxylation is 1. The van der Waals surface area contributed by atoms with E-state index in [1.54, 1.807) is 11.5 Å². The van der Waals surface area contributed by atoms with Gasteiger partial charge in [-0.25, -0.2) is 10.2 Å². The smallest absolute Gasteiger partial charge is 0.345 e. The average molecular weight is 433 g/mol. The lowest BCUT2D eigenvalue weighted by atomic mass is 10.1. The molecule has 7 nitrogen and oxygen atoms in total. The topological polar surface area (TPSA) is 104 Å². The summed E-state index contributed by atoms with van der Waals surface area (Å²) in [5.74, 6) is -1.58. The Morgan fingerprint density at radius 1 is 1.03 bits per heavy atom. The highest BCUT2D eigenvalue weighted by atomic mass is 32.1. The first kappa shape index (κ1) is 20.4. The number of aromatic nitrogens is 1. The number of amides is 1. The molecule has 0 atom stereocenters. The van der Waals surface area contributed by atoms with Gasteiger partial charge in [-0.15, -0.1) is 11.3 Å². The second kappa shape index (κ2) is 8.08. The summed E-state index contributed by atoms with van der Waals surface area (Å²) < 4.78 is 1.75. The number of carbonyl (C=O) groups is 2. The molecule has 4 aromatic rings. The lowest BCUT2D eigenvalue weighted by Crippen LogP contribution is -2.18. The van der Waals surface area contributed by atoms with Crippen molar-refractivity contribution in [3.63, 3.8) is 0 Å². The highest BCUT2D eigenvalue weighted by Crippen LogP contribution is 2.35. The Morgan fingerprint density at radius 3 is 2.48 bits per heavy atom. The summed E-state index contributed by atoms with van der Waals surface area (Å²) >= 11 is 0.871. The Hall–Kier alpha value is -3.91. The molecule has 0 aliphatic carbocycles. The molecule has 0 fully saturated rings. The van der Waals surface area contributed by atoms with Crippen LogP contribution in [0.15, 0.2) is 65.8 Å². The van der Waals surface area contributed by atoms with Gasteiger partial charge in [0.05, 0.1) is 21.7 Å². The van der Waals surface area contributed by atoms with Crippen LogP contribution >= 0.6 is 11.3 Å². The molecular weight excluding hydrogens is 414 g/mol. The molecule has 156 valence electrons. The van der Waals surface area contributed by atoms with E-state index in [-0.39, 0.29) is 15.6 Å². The SMILES string of the molecule is C/C(=N\NC(=O)c1ccc(C(=O)O)s1)c1c(O)n(-c2cccc(C)c2)c2ccccc12. The Balaban J connectivity index is 1.72. The van der Waals surface area contributed by atoms with Gasteiger partial charge in [-0.1, -0.05) is 30.3 Å². The van der Waals surface area contributed by atoms with Crippen LogP contribution in [-0.4, -0.2) is 32.4 Å². The van der Waals surface area contributed by atoms with Crippen LogP contribution in [0, 0.1) is 6.92 Å². The van der Waals surface area contributed by atoms with Gasteiger partial charge in [-0.3, -0.25) is 9.36 Å². The number of rotatable bonds is 5. The van der Waals surface area contributed by atoms with Crippen LogP contribution in [-0.2, 0) is 0 Å². The third-order valence-electron chi connectivity index (χ3n) is 4.84. The van der Waals surface area contributed by atoms with E-state index in [1.807, 2.05) is 55.5 Å². The van der Waals surface area contributed by atoms with Crippen LogP contribution in [0.4, 0.5) is 0 Å². The quantitative estimate of drug-likeness (QED) is 0.317. The predicted octanol–water partition coefficient (Wildman–Crippen LogP) is 4.56. The number of fused-ring (bicyclic) bond motifs is 1. The van der Waals surface area contributed by atoms with E-state index < -0.39 is 11.9 Å². The van der Waals surface area contributed by atoms with Gasteiger partial charge in [0.2, 0.25) is 5.88 Å². The number of hydrogen-bond donors (Lipinski definition) is 3. The molecule has 3 N–H and O–H groups in total. The Labute approximate surface area is 181 Å². The molecule has 2 aromatic carbocycles. The molecule has 0 aliphatic rings. The molecule has 31 heavy (non-hydrogen) atoms. The molecule has 8 heteroatoms. The number of hydrazone groups is 1. The molecule has 0 aliphatic heterocycles. The maximum Gasteiger partial charge on any atom is 0.345 e. The van der Waals surface area contributed by atoms with Gasteiger partial charge < -0.3 is 10.2 Å². The standard InChI is InChI=1S/C23H19N3O4S/c1-13-6-5-7-15(12-13)26-17-9-4-3-8-16(17)20(22(26)28)14(2)24-25-21(27)18-10-11-19(31-18)23(29)30/h3-12,28H,1-2H3,(H,25,27)(H,29,30)/b24-14+. The van der Waals surface area contributed by atoms with Crippen LogP contribution < -0.4 is 5.43 Å². The second-order valence-electron chi connectivity index (χ2n) is 7.00. The monoisotopic (exact) mass is 433 g/mol. The summed E-state index contributed by atoms with van der Waals surface area (Å²) in [7, 11) is 0. The number of aromatic carboxylic acids is 1. The third kappa shape index (κ3) is 3.80. The number of nitrogens with zero attached hydrogens (tertiary/aromatic N) is 2. The number of carboxylic acids is 1. The van der Waals surface area contributed by atoms with Gasteiger partial charge in [0, 0.05) is 11.1 Å². The molecular formula is C23H19N3O4S. The normalized spacial score (nSPS) is 11.6. The third-order valence-corrected chi connectivity index (χ3v) is 5.91. The van der Waals surface area contributed by atoms with Crippen LogP contribution in [0.25, 0.3) is 16.6 Å². The van der Waals surface area contributed by atoms with E-state index in [4.69, 9.17) is 5.11 Å². The zero-order chi connectivity index (χ0) is 22.1. The number of para-hydroxylation sites is 1. The van der Waals surface area contributed by atoms with E-state index in [1.165, 1.54) is 12.1 Å². The van der Waals surface area contributed by atoms with Gasteiger partial charge in [-0.05, 0) is 49.7 Å². The highest BCUT2D eigenvalue weighted by Gasteiger charge is 2.20. The van der Waals surface area contributed by atoms with Crippen molar-refractivity contribution in [2.24, 2.45) is 5.10 Å². The van der Waals surface area contributed by atoms with E-state index in [0.29, 0.717) is 11.3 Å². The first-order chi connectivity index (χ1) is 14.9. The summed E-state index contributed by atoms with van der Waals surface area (Å²) in [4.78, 5) is 23.7. The van der Waals surface area contributed by atoms with Crippen LogP contribution in [0.2, 0.25) is 0 Å². The van der Waals surface area contributed by atoms with Gasteiger partial charge in [-0.2, -0.15) is 5.10 Å². The van der Waals surface area contributed by atoms with Gasteiger partial charge in [0.1, 0.15) is 4.88 Å². The van der Waals surface area contributed by atoms with Crippen molar-refractivity contribution < 1.29 is 19.8 Å². The Morgan fingerprint density at radius 2 is 1.77 bits per heavy atom. The van der Waals surface area contributed by atoms with Gasteiger partial charge >= 0.3 is 5.97 Å². The molecule has 0 unspecified atom stereocenters. The van der Waals surface area contributed by atoms with Gasteiger partial charge in [0.15, 0.2) is 0 Å². The molecule has 0 radical (unpaired) electrons. The zero-order valence-electron chi connectivity index (χ0n) is 16.8. The minimum Gasteiger partial charge on any atom is -0.494 e. The van der Waals surface area contributed by atoms with E-state index in [0.717, 1.165) is 33.5 Å². The summed E-state index contributed by atoms with van der Waals surface area (Å²) in [6.45, 7) is 3.68. The number of hydrogen-bond acceptors (Lipinski definition) is 5. The maximum absolute atomic E-state index is 12.4. The summed E-state index contributed by atoms with van der Waals surface area (Å²) in [5.41, 5.74) is 6.06. The summed E-state index contributed by atoms with van der Waals surface area (Å²) in [6.07, 6.45) is 0. The average Bonchev–Trinajstić information content (AvgIpc) is 3.34. The number of thiophene rings is 1. The number of carboxylic acid groups (broad SMARTS) is 1. The largest absolute Gasteiger partial charge is 0.494 e. The van der Waals surface area contributed by atoms with Crippen LogP contribution in [0.3, 0.4) is 0 Å². The number of benzene rings is 2. The van der Waals surface area contributed by atoms with Crippen molar-refractivity contribution in [2.45, 2.75) is 13.8 Å². The lowest BCUT2D eigenvalue weighted by Gasteiger charge is -2.08. The van der Waals surface area contributed by atoms with E-state index in [9.17, 15) is 14.7 Å². The second-order valence-corrected chi connectivity index (χ2v) is 8.08. The van der Waals surface area contributed by atoms with Crippen LogP contribution in [0.1, 0.15) is 37.4 Å². The number of carbonyl (C=O) groups excluding carboxylic acids is 1. The summed E-state index contributed by atoms with van der Waals surface area (Å²) in [5, 5.41) is 25.0. The first-order valence-electron chi connectivity index (χ1n) is 9.44. The highest BCUT2D eigenvalue weighted by molar-refractivity contribution is 7.15. The number of aromatic hydroxyl groups is 1. The van der Waals surface area contributed by atoms with Crippen molar-refractivity contribution in [1.82, 2.24) is 9.99 Å². The fourth-order valence-corrected chi connectivity index (χ4v) is 4.17. The predicted molar refractivity (Wildman–Crippen MR) is 121 cm³/mol. The first-order valence-corrected chi connectivity index (χ1v) is 10.3. The molecule has 0 saturated heterocycles. The molecule has 0 bridgehead atoms. The Bertz CT molecular complexity index is 1350. The molecule has 1 amide bonds. The minimum absolute atomic E-state index is 0.0200. The molecule has 0 spiro atoms. The van der Waals surface area contributed by atoms with Crippen molar-refractivity contribution in [3.8, 4) is 11.6 Å². The Kier molecular flexibility index (Phi) is 5.31. The van der Waals surface area contributed by atoms with Crippen molar-refractivity contribution >= 4 is 39.8 Å². The maximum atomic E-state index is 12.4. The fourth-order valence-electron chi connectivity index (χ4n) is 3.43. The van der Waals surface area contributed by atoms with Crippen molar-refractivity contribution in [3.05, 3.63) is 81.5 Å². The van der Waals surface area contributed by atoms with E-state index in [2.05, 4.69) is 10.5 Å². The molecule has 0 saturated carbocycles. The molecule has 2 heterocycles. The minimum atomic E-state index is -1.09. The fraction of sp³-hybridized carbons (Fsp3) is 0.0870. The van der Waals surface area contributed by atoms with Crippen molar-refractivity contribution in [1.29, 1.82) is 0 Å². The van der Waals surface area contributed by atoms with E-state index >= 15 is 0 Å². The van der Waals surface area contributed by atoms with Crippen LogP contribution in [0.5, 0.6) is 5.88 Å². The zero-order valence-corrected chi connectivity index (χ0v) is 17.6.